The minimum atomic E-state index is -0.313. The highest BCUT2D eigenvalue weighted by atomic mass is 16.3. The molecule has 4 nitrogen and oxygen atoms in total. The molecule has 123 valence electrons. The molecule has 4 rings (SSSR count). The van der Waals surface area contributed by atoms with Gasteiger partial charge >= 0.3 is 0 Å². The van der Waals surface area contributed by atoms with Crippen molar-refractivity contribution in [1.82, 2.24) is 14.5 Å². The van der Waals surface area contributed by atoms with Crippen LogP contribution in [0.4, 0.5) is 0 Å². The number of aryl methyl sites for hydroxylation is 2. The number of nitrogens with zero attached hydrogens (tertiary/aromatic N) is 3. The van der Waals surface area contributed by atoms with Crippen LogP contribution in [-0.4, -0.2) is 25.7 Å². The van der Waals surface area contributed by atoms with E-state index in [1.807, 2.05) is 6.07 Å². The molecule has 0 saturated heterocycles. The molecule has 1 aliphatic carbocycles. The number of aliphatic hydroxyl groups excluding tert-OH is 1. The first-order valence-electron chi connectivity index (χ1n) is 8.58. The van der Waals surface area contributed by atoms with Crippen LogP contribution in [0.25, 0.3) is 11.0 Å². The Morgan fingerprint density at radius 1 is 1.08 bits per heavy atom. The van der Waals surface area contributed by atoms with Crippen LogP contribution in [0.5, 0.6) is 0 Å². The molecule has 0 bridgehead atoms. The van der Waals surface area contributed by atoms with Crippen LogP contribution in [0, 0.1) is 12.8 Å². The maximum atomic E-state index is 10.00. The monoisotopic (exact) mass is 320 g/mol. The fraction of sp³-hybridized carbons (Fsp3) is 0.350. The minimum absolute atomic E-state index is 0.104. The van der Waals surface area contributed by atoms with Gasteiger partial charge in [-0.1, -0.05) is 30.3 Å². The normalized spacial score (nSPS) is 23.8. The summed E-state index contributed by atoms with van der Waals surface area (Å²) in [6, 6.07) is 12.9. The molecule has 4 heteroatoms. The molecular formula is C20H22N3O. The van der Waals surface area contributed by atoms with Crippen molar-refractivity contribution in [2.45, 2.75) is 37.8 Å². The molecule has 2 aromatic heterocycles. The first kappa shape index (κ1) is 15.3. The van der Waals surface area contributed by atoms with Gasteiger partial charge in [0.15, 0.2) is 0 Å². The Morgan fingerprint density at radius 3 is 2.67 bits per heavy atom. The Hall–Kier alpha value is -2.20. The lowest BCUT2D eigenvalue weighted by Gasteiger charge is -2.13. The first-order valence-corrected chi connectivity index (χ1v) is 8.58. The minimum Gasteiger partial charge on any atom is -0.393 e. The second-order valence-electron chi connectivity index (χ2n) is 6.72. The summed E-state index contributed by atoms with van der Waals surface area (Å²) < 4.78 is 2.19. The SMILES string of the molecule is [CH2][C@H]1C[C@@H](n2ccc3c(CCc4ccccc4)ncnc32)C[C@@H]1O. The summed E-state index contributed by atoms with van der Waals surface area (Å²) in [6.07, 6.45) is 6.95. The first-order chi connectivity index (χ1) is 11.7. The zero-order valence-corrected chi connectivity index (χ0v) is 13.7. The number of rotatable bonds is 4. The van der Waals surface area contributed by atoms with Gasteiger partial charge in [-0.2, -0.15) is 0 Å². The van der Waals surface area contributed by atoms with Gasteiger partial charge in [0.2, 0.25) is 0 Å². The average molecular weight is 320 g/mol. The molecule has 0 aliphatic heterocycles. The molecule has 1 aliphatic rings. The summed E-state index contributed by atoms with van der Waals surface area (Å²) in [7, 11) is 0. The van der Waals surface area contributed by atoms with Crippen molar-refractivity contribution >= 4 is 11.0 Å². The molecule has 0 spiro atoms. The standard InChI is InChI=1S/C20H22N3O/c1-14-11-16(12-19(14)24)23-10-9-17-18(21-13-22-20(17)23)8-7-15-5-3-2-4-6-15/h2-6,9-10,13-14,16,19,24H,1,7-8,11-12H2/t14-,16+,19-/m0/s1. The van der Waals surface area contributed by atoms with Crippen LogP contribution < -0.4 is 0 Å². The largest absolute Gasteiger partial charge is 0.393 e. The Morgan fingerprint density at radius 2 is 1.92 bits per heavy atom. The quantitative estimate of drug-likeness (QED) is 0.802. The highest BCUT2D eigenvalue weighted by Crippen LogP contribution is 2.36. The van der Waals surface area contributed by atoms with E-state index in [4.69, 9.17) is 0 Å². The van der Waals surface area contributed by atoms with Crippen LogP contribution in [-0.2, 0) is 12.8 Å². The van der Waals surface area contributed by atoms with Gasteiger partial charge in [-0.15, -0.1) is 0 Å². The second kappa shape index (κ2) is 6.36. The number of hydrogen-bond acceptors (Lipinski definition) is 3. The topological polar surface area (TPSA) is 50.9 Å². The highest BCUT2D eigenvalue weighted by molar-refractivity contribution is 5.78. The Labute approximate surface area is 142 Å². The number of hydrogen-bond donors (Lipinski definition) is 1. The molecule has 0 unspecified atom stereocenters. The number of aromatic nitrogens is 3. The number of fused-ring (bicyclic) bond motifs is 1. The molecule has 1 fully saturated rings. The lowest BCUT2D eigenvalue weighted by Crippen LogP contribution is -2.09. The molecule has 3 aromatic rings. The van der Waals surface area contributed by atoms with Gasteiger partial charge in [-0.25, -0.2) is 9.97 Å². The average Bonchev–Trinajstić information content (AvgIpc) is 3.18. The molecule has 0 amide bonds. The molecule has 1 radical (unpaired) electrons. The number of aliphatic hydroxyl groups is 1. The maximum absolute atomic E-state index is 10.00. The van der Waals surface area contributed by atoms with Crippen molar-refractivity contribution in [2.75, 3.05) is 0 Å². The smallest absolute Gasteiger partial charge is 0.143 e. The van der Waals surface area contributed by atoms with Crippen molar-refractivity contribution in [3.05, 3.63) is 67.1 Å². The van der Waals surface area contributed by atoms with Crippen molar-refractivity contribution in [1.29, 1.82) is 0 Å². The van der Waals surface area contributed by atoms with Crippen LogP contribution in [0.15, 0.2) is 48.9 Å². The Balaban J connectivity index is 1.60. The van der Waals surface area contributed by atoms with E-state index in [1.165, 1.54) is 5.56 Å². The van der Waals surface area contributed by atoms with E-state index in [2.05, 4.69) is 58.0 Å². The molecule has 3 atom stereocenters. The van der Waals surface area contributed by atoms with E-state index in [1.54, 1.807) is 6.33 Å². The van der Waals surface area contributed by atoms with Gasteiger partial charge in [-0.05, 0) is 50.2 Å². The summed E-state index contributed by atoms with van der Waals surface area (Å²) in [5.74, 6) is 0.104. The third-order valence-electron chi connectivity index (χ3n) is 5.11. The summed E-state index contributed by atoms with van der Waals surface area (Å²) in [4.78, 5) is 9.01. The Bertz CT molecular complexity index is 817. The summed E-state index contributed by atoms with van der Waals surface area (Å²) in [5.41, 5.74) is 3.38. The van der Waals surface area contributed by atoms with Gasteiger partial charge in [-0.3, -0.25) is 0 Å². The lowest BCUT2D eigenvalue weighted by molar-refractivity contribution is 0.149. The van der Waals surface area contributed by atoms with Crippen LogP contribution in [0.2, 0.25) is 0 Å². The van der Waals surface area contributed by atoms with Gasteiger partial charge in [0.05, 0.1) is 11.8 Å². The van der Waals surface area contributed by atoms with Gasteiger partial charge in [0.1, 0.15) is 12.0 Å². The molecule has 1 aromatic carbocycles. The van der Waals surface area contributed by atoms with Crippen LogP contribution >= 0.6 is 0 Å². The number of benzene rings is 1. The van der Waals surface area contributed by atoms with Gasteiger partial charge in [0, 0.05) is 17.6 Å². The lowest BCUT2D eigenvalue weighted by atomic mass is 10.1. The predicted octanol–water partition coefficient (Wildman–Crippen LogP) is 3.36. The van der Waals surface area contributed by atoms with Crippen molar-refractivity contribution in [3.8, 4) is 0 Å². The van der Waals surface area contributed by atoms with Crippen LogP contribution in [0.3, 0.4) is 0 Å². The van der Waals surface area contributed by atoms with E-state index >= 15 is 0 Å². The second-order valence-corrected chi connectivity index (χ2v) is 6.72. The molecule has 1 saturated carbocycles. The van der Waals surface area contributed by atoms with E-state index in [-0.39, 0.29) is 18.1 Å². The highest BCUT2D eigenvalue weighted by Gasteiger charge is 2.31. The van der Waals surface area contributed by atoms with Crippen LogP contribution in [0.1, 0.15) is 30.1 Å². The van der Waals surface area contributed by atoms with Crippen molar-refractivity contribution in [2.24, 2.45) is 5.92 Å². The zero-order chi connectivity index (χ0) is 16.5. The molecular weight excluding hydrogens is 298 g/mol. The Kier molecular flexibility index (Phi) is 4.07. The van der Waals surface area contributed by atoms with E-state index in [9.17, 15) is 5.11 Å². The van der Waals surface area contributed by atoms with E-state index in [0.29, 0.717) is 0 Å². The van der Waals surface area contributed by atoms with Crippen molar-refractivity contribution < 1.29 is 5.11 Å². The maximum Gasteiger partial charge on any atom is 0.143 e. The third-order valence-corrected chi connectivity index (χ3v) is 5.11. The fourth-order valence-corrected chi connectivity index (χ4v) is 3.73. The summed E-state index contributed by atoms with van der Waals surface area (Å²) >= 11 is 0. The molecule has 24 heavy (non-hydrogen) atoms. The summed E-state index contributed by atoms with van der Waals surface area (Å²) in [5, 5.41) is 11.1. The zero-order valence-electron chi connectivity index (χ0n) is 13.7. The predicted molar refractivity (Wildman–Crippen MR) is 94.5 cm³/mol. The van der Waals surface area contributed by atoms with Gasteiger partial charge in [0.25, 0.3) is 0 Å². The molecule has 2 heterocycles. The van der Waals surface area contributed by atoms with Crippen molar-refractivity contribution in [3.63, 3.8) is 0 Å². The molecule has 1 N–H and O–H groups in total. The van der Waals surface area contributed by atoms with E-state index < -0.39 is 0 Å². The third kappa shape index (κ3) is 2.82. The fourth-order valence-electron chi connectivity index (χ4n) is 3.73. The van der Waals surface area contributed by atoms with E-state index in [0.717, 1.165) is 42.4 Å². The summed E-state index contributed by atoms with van der Waals surface area (Å²) in [6.45, 7) is 4.04. The van der Waals surface area contributed by atoms with Gasteiger partial charge < -0.3 is 9.67 Å².